The van der Waals surface area contributed by atoms with Crippen LogP contribution in [-0.4, -0.2) is 29.6 Å². The van der Waals surface area contributed by atoms with E-state index < -0.39 is 0 Å². The fourth-order valence-electron chi connectivity index (χ4n) is 2.73. The fourth-order valence-corrected chi connectivity index (χ4v) is 2.73. The van der Waals surface area contributed by atoms with Gasteiger partial charge in [-0.3, -0.25) is 0 Å². The van der Waals surface area contributed by atoms with E-state index in [0.717, 1.165) is 31.3 Å². The molecule has 4 heteroatoms. The van der Waals surface area contributed by atoms with E-state index in [1.807, 2.05) is 6.20 Å². The number of anilines is 1. The highest BCUT2D eigenvalue weighted by atomic mass is 15.2. The SMILES string of the molecule is CCNC(C)c1cnc(N2CCCCCC2)nc1C. The van der Waals surface area contributed by atoms with Gasteiger partial charge in [-0.2, -0.15) is 0 Å². The minimum absolute atomic E-state index is 0.322. The van der Waals surface area contributed by atoms with E-state index in [2.05, 4.69) is 36.0 Å². The summed E-state index contributed by atoms with van der Waals surface area (Å²) in [7, 11) is 0. The number of rotatable bonds is 4. The van der Waals surface area contributed by atoms with Gasteiger partial charge in [0.1, 0.15) is 0 Å². The molecule has 2 rings (SSSR count). The second-order valence-electron chi connectivity index (χ2n) is 5.39. The molecule has 0 saturated carbocycles. The molecule has 1 aliphatic rings. The molecule has 1 saturated heterocycles. The maximum atomic E-state index is 4.72. The summed E-state index contributed by atoms with van der Waals surface area (Å²) in [5.41, 5.74) is 2.31. The summed E-state index contributed by atoms with van der Waals surface area (Å²) in [5.74, 6) is 0.909. The first-order chi connectivity index (χ1) is 9.22. The van der Waals surface area contributed by atoms with Gasteiger partial charge in [-0.25, -0.2) is 9.97 Å². The third-order valence-electron chi connectivity index (χ3n) is 3.87. The van der Waals surface area contributed by atoms with Gasteiger partial charge in [0.25, 0.3) is 0 Å². The molecule has 0 amide bonds. The molecule has 106 valence electrons. The lowest BCUT2D eigenvalue weighted by molar-refractivity contribution is 0.589. The Morgan fingerprint density at radius 2 is 1.95 bits per heavy atom. The molecule has 0 aliphatic carbocycles. The Hall–Kier alpha value is -1.16. The lowest BCUT2D eigenvalue weighted by atomic mass is 10.1. The van der Waals surface area contributed by atoms with Crippen molar-refractivity contribution in [2.45, 2.75) is 52.5 Å². The second kappa shape index (κ2) is 6.85. The minimum Gasteiger partial charge on any atom is -0.341 e. The quantitative estimate of drug-likeness (QED) is 0.906. The van der Waals surface area contributed by atoms with E-state index in [1.165, 1.54) is 31.2 Å². The molecule has 1 aliphatic heterocycles. The summed E-state index contributed by atoms with van der Waals surface area (Å²) >= 11 is 0. The van der Waals surface area contributed by atoms with Crippen molar-refractivity contribution in [3.8, 4) is 0 Å². The van der Waals surface area contributed by atoms with Crippen LogP contribution in [0.3, 0.4) is 0 Å². The van der Waals surface area contributed by atoms with Crippen LogP contribution < -0.4 is 10.2 Å². The first-order valence-electron chi connectivity index (χ1n) is 7.54. The van der Waals surface area contributed by atoms with Crippen molar-refractivity contribution >= 4 is 5.95 Å². The Morgan fingerprint density at radius 1 is 1.26 bits per heavy atom. The summed E-state index contributed by atoms with van der Waals surface area (Å²) in [6.07, 6.45) is 7.20. The molecule has 1 N–H and O–H groups in total. The van der Waals surface area contributed by atoms with Crippen molar-refractivity contribution in [3.63, 3.8) is 0 Å². The lowest BCUT2D eigenvalue weighted by Gasteiger charge is -2.22. The summed E-state index contributed by atoms with van der Waals surface area (Å²) in [5, 5.41) is 3.42. The van der Waals surface area contributed by atoms with E-state index in [-0.39, 0.29) is 0 Å². The predicted octanol–water partition coefficient (Wildman–Crippen LogP) is 2.84. The molecule has 19 heavy (non-hydrogen) atoms. The molecular weight excluding hydrogens is 236 g/mol. The topological polar surface area (TPSA) is 41.1 Å². The van der Waals surface area contributed by atoms with Crippen molar-refractivity contribution in [3.05, 3.63) is 17.5 Å². The molecule has 1 unspecified atom stereocenters. The van der Waals surface area contributed by atoms with Gasteiger partial charge >= 0.3 is 0 Å². The van der Waals surface area contributed by atoms with Gasteiger partial charge in [0, 0.05) is 36.6 Å². The Morgan fingerprint density at radius 3 is 2.53 bits per heavy atom. The van der Waals surface area contributed by atoms with Gasteiger partial charge < -0.3 is 10.2 Å². The van der Waals surface area contributed by atoms with Crippen LogP contribution in [0.5, 0.6) is 0 Å². The van der Waals surface area contributed by atoms with E-state index >= 15 is 0 Å². The molecule has 1 atom stereocenters. The molecule has 0 spiro atoms. The summed E-state index contributed by atoms with van der Waals surface area (Å²) in [4.78, 5) is 11.6. The maximum absolute atomic E-state index is 4.72. The van der Waals surface area contributed by atoms with Crippen LogP contribution >= 0.6 is 0 Å². The standard InChI is InChI=1S/C15H26N4/c1-4-16-12(2)14-11-17-15(18-13(14)3)19-9-7-5-6-8-10-19/h11-12,16H,4-10H2,1-3H3. The van der Waals surface area contributed by atoms with Crippen molar-refractivity contribution in [2.24, 2.45) is 0 Å². The Balaban J connectivity index is 2.13. The van der Waals surface area contributed by atoms with Gasteiger partial charge in [-0.15, -0.1) is 0 Å². The number of hydrogen-bond acceptors (Lipinski definition) is 4. The van der Waals surface area contributed by atoms with Gasteiger partial charge in [-0.1, -0.05) is 19.8 Å². The fraction of sp³-hybridized carbons (Fsp3) is 0.733. The van der Waals surface area contributed by atoms with Crippen LogP contribution in [0.2, 0.25) is 0 Å². The monoisotopic (exact) mass is 262 g/mol. The lowest BCUT2D eigenvalue weighted by Crippen LogP contribution is -2.27. The van der Waals surface area contributed by atoms with Crippen LogP contribution in [0.15, 0.2) is 6.20 Å². The van der Waals surface area contributed by atoms with Crippen molar-refractivity contribution in [2.75, 3.05) is 24.5 Å². The van der Waals surface area contributed by atoms with E-state index in [1.54, 1.807) is 0 Å². The highest BCUT2D eigenvalue weighted by Crippen LogP contribution is 2.19. The smallest absolute Gasteiger partial charge is 0.225 e. The molecule has 1 fully saturated rings. The minimum atomic E-state index is 0.322. The predicted molar refractivity (Wildman–Crippen MR) is 79.5 cm³/mol. The van der Waals surface area contributed by atoms with Crippen molar-refractivity contribution in [1.29, 1.82) is 0 Å². The van der Waals surface area contributed by atoms with Crippen LogP contribution in [0.1, 0.15) is 56.8 Å². The first kappa shape index (κ1) is 14.3. The number of hydrogen-bond donors (Lipinski definition) is 1. The normalized spacial score (nSPS) is 18.2. The summed E-state index contributed by atoms with van der Waals surface area (Å²) in [6, 6.07) is 0.322. The van der Waals surface area contributed by atoms with E-state index in [9.17, 15) is 0 Å². The Bertz CT molecular complexity index is 397. The highest BCUT2D eigenvalue weighted by Gasteiger charge is 2.15. The van der Waals surface area contributed by atoms with Gasteiger partial charge in [-0.05, 0) is 33.2 Å². The summed E-state index contributed by atoms with van der Waals surface area (Å²) < 4.78 is 0. The number of aromatic nitrogens is 2. The zero-order valence-corrected chi connectivity index (χ0v) is 12.4. The zero-order chi connectivity index (χ0) is 13.7. The number of nitrogens with zero attached hydrogens (tertiary/aromatic N) is 3. The van der Waals surface area contributed by atoms with Crippen molar-refractivity contribution < 1.29 is 0 Å². The molecule has 0 radical (unpaired) electrons. The zero-order valence-electron chi connectivity index (χ0n) is 12.4. The van der Waals surface area contributed by atoms with Crippen molar-refractivity contribution in [1.82, 2.24) is 15.3 Å². The average Bonchev–Trinajstić information content (AvgIpc) is 2.67. The number of nitrogens with one attached hydrogen (secondary N) is 1. The largest absolute Gasteiger partial charge is 0.341 e. The molecule has 1 aromatic heterocycles. The van der Waals surface area contributed by atoms with Gasteiger partial charge in [0.05, 0.1) is 0 Å². The van der Waals surface area contributed by atoms with Crippen LogP contribution in [0.4, 0.5) is 5.95 Å². The third-order valence-corrected chi connectivity index (χ3v) is 3.87. The van der Waals surface area contributed by atoms with Gasteiger partial charge in [0.15, 0.2) is 0 Å². The average molecular weight is 262 g/mol. The van der Waals surface area contributed by atoms with Crippen LogP contribution in [0.25, 0.3) is 0 Å². The van der Waals surface area contributed by atoms with Gasteiger partial charge in [0.2, 0.25) is 5.95 Å². The van der Waals surface area contributed by atoms with E-state index in [0.29, 0.717) is 6.04 Å². The number of aryl methyl sites for hydroxylation is 1. The highest BCUT2D eigenvalue weighted by molar-refractivity contribution is 5.34. The Labute approximate surface area is 116 Å². The van der Waals surface area contributed by atoms with Crippen LogP contribution in [-0.2, 0) is 0 Å². The van der Waals surface area contributed by atoms with E-state index in [4.69, 9.17) is 4.98 Å². The maximum Gasteiger partial charge on any atom is 0.225 e. The second-order valence-corrected chi connectivity index (χ2v) is 5.39. The first-order valence-corrected chi connectivity index (χ1v) is 7.54. The third kappa shape index (κ3) is 3.66. The molecular formula is C15H26N4. The molecule has 4 nitrogen and oxygen atoms in total. The Kier molecular flexibility index (Phi) is 5.14. The molecule has 2 heterocycles. The summed E-state index contributed by atoms with van der Waals surface area (Å²) in [6.45, 7) is 9.54. The molecule has 1 aromatic rings. The molecule has 0 bridgehead atoms. The van der Waals surface area contributed by atoms with Crippen LogP contribution in [0, 0.1) is 6.92 Å². The molecule has 0 aromatic carbocycles.